The Morgan fingerprint density at radius 1 is 1.37 bits per heavy atom. The maximum absolute atomic E-state index is 13.2. The van der Waals surface area contributed by atoms with Crippen LogP contribution in [0.4, 0.5) is 10.1 Å². The summed E-state index contributed by atoms with van der Waals surface area (Å²) in [5.41, 5.74) is 9.34. The van der Waals surface area contributed by atoms with Gasteiger partial charge in [-0.2, -0.15) is 0 Å². The number of carbonyl (C=O) groups is 1. The zero-order valence-electron chi connectivity index (χ0n) is 10.6. The van der Waals surface area contributed by atoms with Crippen molar-refractivity contribution in [2.45, 2.75) is 30.7 Å². The average molecular weight is 289 g/mol. The summed E-state index contributed by atoms with van der Waals surface area (Å²) in [6.07, 6.45) is -0.184. The minimum Gasteiger partial charge on any atom is -0.399 e. The van der Waals surface area contributed by atoms with E-state index in [2.05, 4.69) is 4.72 Å². The molecular weight excluding hydrogens is 273 g/mol. The Morgan fingerprint density at radius 2 is 1.95 bits per heavy atom. The van der Waals surface area contributed by atoms with Gasteiger partial charge in [0.15, 0.2) is 0 Å². The average Bonchev–Trinajstić information content (AvgIpc) is 2.11. The van der Waals surface area contributed by atoms with Crippen molar-refractivity contribution < 1.29 is 17.6 Å². The van der Waals surface area contributed by atoms with Gasteiger partial charge < -0.3 is 11.5 Å². The third-order valence-electron chi connectivity index (χ3n) is 2.23. The number of nitrogen functional groups attached to an aromatic ring is 1. The van der Waals surface area contributed by atoms with Crippen LogP contribution in [0.2, 0.25) is 0 Å². The highest BCUT2D eigenvalue weighted by molar-refractivity contribution is 7.89. The number of primary amides is 1. The third kappa shape index (κ3) is 4.49. The quantitative estimate of drug-likeness (QED) is 0.678. The highest BCUT2D eigenvalue weighted by atomic mass is 32.2. The molecule has 0 bridgehead atoms. The molecule has 0 aromatic heterocycles. The fourth-order valence-corrected chi connectivity index (χ4v) is 3.11. The van der Waals surface area contributed by atoms with Gasteiger partial charge in [-0.25, -0.2) is 17.5 Å². The summed E-state index contributed by atoms with van der Waals surface area (Å²) in [7, 11) is -3.99. The Balaban J connectivity index is 3.08. The molecule has 0 unspecified atom stereocenters. The van der Waals surface area contributed by atoms with Gasteiger partial charge in [-0.3, -0.25) is 4.79 Å². The summed E-state index contributed by atoms with van der Waals surface area (Å²) in [4.78, 5) is 10.5. The largest absolute Gasteiger partial charge is 0.399 e. The molecule has 0 saturated carbocycles. The number of nitrogens with two attached hydrogens (primary N) is 2. The van der Waals surface area contributed by atoms with Crippen LogP contribution in [0.1, 0.15) is 20.3 Å². The fraction of sp³-hybridized carbons (Fsp3) is 0.364. The topological polar surface area (TPSA) is 115 Å². The molecule has 106 valence electrons. The molecule has 0 spiro atoms. The Labute approximate surface area is 111 Å². The molecule has 5 N–H and O–H groups in total. The molecule has 1 rings (SSSR count). The number of nitrogens with one attached hydrogen (secondary N) is 1. The van der Waals surface area contributed by atoms with Crippen LogP contribution in [0.15, 0.2) is 23.1 Å². The zero-order chi connectivity index (χ0) is 14.8. The van der Waals surface area contributed by atoms with Crippen molar-refractivity contribution in [3.8, 4) is 0 Å². The van der Waals surface area contributed by atoms with Crippen LogP contribution >= 0.6 is 0 Å². The lowest BCUT2D eigenvalue weighted by molar-refractivity contribution is -0.119. The lowest BCUT2D eigenvalue weighted by Crippen LogP contribution is -2.45. The molecule has 0 aliphatic rings. The molecule has 0 radical (unpaired) electrons. The normalized spacial score (nSPS) is 12.4. The van der Waals surface area contributed by atoms with E-state index in [1.807, 2.05) is 0 Å². The molecule has 8 heteroatoms. The van der Waals surface area contributed by atoms with Gasteiger partial charge in [0.25, 0.3) is 0 Å². The second kappa shape index (κ2) is 5.14. The maximum atomic E-state index is 13.2. The smallest absolute Gasteiger partial charge is 0.241 e. The van der Waals surface area contributed by atoms with Crippen molar-refractivity contribution in [1.29, 1.82) is 0 Å². The van der Waals surface area contributed by atoms with Crippen molar-refractivity contribution in [2.75, 3.05) is 5.73 Å². The van der Waals surface area contributed by atoms with Crippen molar-refractivity contribution in [1.82, 2.24) is 4.72 Å². The SMILES string of the molecule is CC(C)(CC(N)=O)NS(=O)(=O)c1cc(N)cc(F)c1. The monoisotopic (exact) mass is 289 g/mol. The number of amides is 1. The fourth-order valence-electron chi connectivity index (χ4n) is 1.63. The molecule has 0 aliphatic heterocycles. The number of rotatable bonds is 5. The number of hydrogen-bond donors (Lipinski definition) is 3. The second-order valence-corrected chi connectivity index (χ2v) is 6.54. The van der Waals surface area contributed by atoms with Gasteiger partial charge in [0.1, 0.15) is 5.82 Å². The van der Waals surface area contributed by atoms with Crippen molar-refractivity contribution in [3.63, 3.8) is 0 Å². The third-order valence-corrected chi connectivity index (χ3v) is 3.91. The van der Waals surface area contributed by atoms with Crippen LogP contribution in [-0.2, 0) is 14.8 Å². The summed E-state index contributed by atoms with van der Waals surface area (Å²) in [5.74, 6) is -1.40. The van der Waals surface area contributed by atoms with Gasteiger partial charge in [0.05, 0.1) is 4.90 Å². The summed E-state index contributed by atoms with van der Waals surface area (Å²) in [6, 6.07) is 2.98. The van der Waals surface area contributed by atoms with Crippen LogP contribution in [0, 0.1) is 5.82 Å². The number of sulfonamides is 1. The number of carbonyl (C=O) groups excluding carboxylic acids is 1. The van der Waals surface area contributed by atoms with Crippen LogP contribution < -0.4 is 16.2 Å². The Bertz CT molecular complexity index is 579. The van der Waals surface area contributed by atoms with Crippen LogP contribution in [0.5, 0.6) is 0 Å². The molecule has 0 atom stereocenters. The van der Waals surface area contributed by atoms with E-state index in [1.165, 1.54) is 13.8 Å². The lowest BCUT2D eigenvalue weighted by Gasteiger charge is -2.24. The molecule has 1 aromatic rings. The molecule has 0 fully saturated rings. The Kier molecular flexibility index (Phi) is 4.16. The summed E-state index contributed by atoms with van der Waals surface area (Å²) in [5, 5.41) is 0. The van der Waals surface area contributed by atoms with Crippen molar-refractivity contribution in [2.24, 2.45) is 5.73 Å². The summed E-state index contributed by atoms with van der Waals surface area (Å²) < 4.78 is 39.5. The van der Waals surface area contributed by atoms with Gasteiger partial charge in [0.2, 0.25) is 15.9 Å². The Morgan fingerprint density at radius 3 is 2.42 bits per heavy atom. The van der Waals surface area contributed by atoms with E-state index in [9.17, 15) is 17.6 Å². The van der Waals surface area contributed by atoms with E-state index < -0.39 is 27.3 Å². The van der Waals surface area contributed by atoms with Gasteiger partial charge in [-0.15, -0.1) is 0 Å². The summed E-state index contributed by atoms with van der Waals surface area (Å²) in [6.45, 7) is 3.00. The number of anilines is 1. The molecule has 1 aromatic carbocycles. The Hall–Kier alpha value is -1.67. The molecule has 0 aliphatic carbocycles. The number of halogens is 1. The lowest BCUT2D eigenvalue weighted by atomic mass is 10.0. The highest BCUT2D eigenvalue weighted by Gasteiger charge is 2.28. The molecule has 0 saturated heterocycles. The van der Waals surface area contributed by atoms with E-state index in [4.69, 9.17) is 11.5 Å². The first-order valence-corrected chi connectivity index (χ1v) is 6.88. The number of hydrogen-bond acceptors (Lipinski definition) is 4. The molecule has 1 amide bonds. The first-order valence-electron chi connectivity index (χ1n) is 5.40. The maximum Gasteiger partial charge on any atom is 0.241 e. The van der Waals surface area contributed by atoms with Crippen LogP contribution in [0.25, 0.3) is 0 Å². The van der Waals surface area contributed by atoms with Gasteiger partial charge in [-0.1, -0.05) is 0 Å². The highest BCUT2D eigenvalue weighted by Crippen LogP contribution is 2.19. The predicted molar refractivity (Wildman–Crippen MR) is 69.0 cm³/mol. The van der Waals surface area contributed by atoms with Gasteiger partial charge in [0, 0.05) is 17.6 Å². The van der Waals surface area contributed by atoms with E-state index in [1.54, 1.807) is 0 Å². The van der Waals surface area contributed by atoms with Gasteiger partial charge >= 0.3 is 0 Å². The summed E-state index contributed by atoms with van der Waals surface area (Å²) >= 11 is 0. The first kappa shape index (κ1) is 15.4. The van der Waals surface area contributed by atoms with E-state index in [-0.39, 0.29) is 17.0 Å². The van der Waals surface area contributed by atoms with E-state index >= 15 is 0 Å². The van der Waals surface area contributed by atoms with Crippen molar-refractivity contribution >= 4 is 21.6 Å². The van der Waals surface area contributed by atoms with E-state index in [0.29, 0.717) is 0 Å². The number of benzene rings is 1. The minimum atomic E-state index is -3.99. The molecule has 6 nitrogen and oxygen atoms in total. The second-order valence-electron chi connectivity index (χ2n) is 4.85. The first-order chi connectivity index (χ1) is 8.52. The molecule has 0 heterocycles. The van der Waals surface area contributed by atoms with E-state index in [0.717, 1.165) is 18.2 Å². The minimum absolute atomic E-state index is 0.00641. The molecule has 19 heavy (non-hydrogen) atoms. The van der Waals surface area contributed by atoms with Crippen molar-refractivity contribution in [3.05, 3.63) is 24.0 Å². The van der Waals surface area contributed by atoms with Gasteiger partial charge in [-0.05, 0) is 32.0 Å². The molecular formula is C11H16FN3O3S. The standard InChI is InChI=1S/C11H16FN3O3S/c1-11(2,6-10(14)16)15-19(17,18)9-4-7(12)3-8(13)5-9/h3-5,15H,6,13H2,1-2H3,(H2,14,16). The predicted octanol–water partition coefficient (Wildman–Crippen LogP) is 0.340. The van der Waals surface area contributed by atoms with Crippen LogP contribution in [0.3, 0.4) is 0 Å². The zero-order valence-corrected chi connectivity index (χ0v) is 11.4. The van der Waals surface area contributed by atoms with Crippen LogP contribution in [-0.4, -0.2) is 19.9 Å².